The van der Waals surface area contributed by atoms with Gasteiger partial charge in [0, 0.05) is 10.3 Å². The molecule has 3 nitrogen and oxygen atoms in total. The molecule has 0 N–H and O–H groups in total. The number of carbonyl (C=O) groups is 1. The van der Waals surface area contributed by atoms with E-state index >= 15 is 0 Å². The van der Waals surface area contributed by atoms with Gasteiger partial charge in [0.15, 0.2) is 0 Å². The quantitative estimate of drug-likeness (QED) is 0.517. The van der Waals surface area contributed by atoms with Crippen LogP contribution < -0.4 is 0 Å². The third-order valence-electron chi connectivity index (χ3n) is 4.02. The summed E-state index contributed by atoms with van der Waals surface area (Å²) in [5.74, 6) is -0.713. The van der Waals surface area contributed by atoms with Gasteiger partial charge in [0.05, 0.1) is 16.7 Å². The van der Waals surface area contributed by atoms with E-state index in [-0.39, 0.29) is 5.97 Å². The molecule has 1 aromatic carbocycles. The average molecular weight is 373 g/mol. The van der Waals surface area contributed by atoms with E-state index in [1.165, 1.54) is 0 Å². The number of hydrogen-bond donors (Lipinski definition) is 0. The smallest absolute Gasteiger partial charge is 0.310 e. The van der Waals surface area contributed by atoms with Crippen molar-refractivity contribution in [1.29, 1.82) is 0 Å². The molecule has 1 rings (SSSR count). The third-order valence-corrected chi connectivity index (χ3v) is 6.79. The minimum atomic E-state index is -1.41. The van der Waals surface area contributed by atoms with Crippen molar-refractivity contribution in [3.8, 4) is 0 Å². The van der Waals surface area contributed by atoms with Crippen molar-refractivity contribution in [2.24, 2.45) is 11.3 Å². The molecule has 1 aromatic rings. The van der Waals surface area contributed by atoms with Gasteiger partial charge in [-0.15, -0.1) is 11.6 Å². The van der Waals surface area contributed by atoms with Crippen molar-refractivity contribution >= 4 is 28.4 Å². The van der Waals surface area contributed by atoms with E-state index in [4.69, 9.17) is 16.3 Å². The van der Waals surface area contributed by atoms with Gasteiger partial charge in [-0.05, 0) is 46.2 Å². The van der Waals surface area contributed by atoms with Gasteiger partial charge in [0.1, 0.15) is 10.3 Å². The number of carbonyl (C=O) groups excluding carboxylic acids is 1. The standard InChI is InChI=1S/C19H29ClO3S/c1-8-15(16(21)23-18(3,4)5)19(6,7)17(20)24(22)14-11-9-13(2)10-12-14/h9-12,15,17H,8H2,1-7H3/t15-,17?,24?/m0/s1. The second kappa shape index (κ2) is 8.01. The molecule has 0 bridgehead atoms. The van der Waals surface area contributed by atoms with Crippen LogP contribution in [0.25, 0.3) is 0 Å². The van der Waals surface area contributed by atoms with Crippen LogP contribution in [0, 0.1) is 18.3 Å². The zero-order valence-electron chi connectivity index (χ0n) is 15.7. The molecule has 0 aliphatic heterocycles. The molecule has 5 heteroatoms. The summed E-state index contributed by atoms with van der Waals surface area (Å²) in [6.07, 6.45) is 0.580. The van der Waals surface area contributed by atoms with Crippen LogP contribution in [0.15, 0.2) is 29.2 Å². The summed E-state index contributed by atoms with van der Waals surface area (Å²) < 4.78 is 17.7. The number of halogens is 1. The van der Waals surface area contributed by atoms with E-state index in [0.717, 1.165) is 5.56 Å². The predicted octanol–water partition coefficient (Wildman–Crippen LogP) is 5.06. The van der Waals surface area contributed by atoms with Crippen molar-refractivity contribution in [2.75, 3.05) is 0 Å². The number of rotatable bonds is 6. The Morgan fingerprint density at radius 2 is 1.67 bits per heavy atom. The summed E-state index contributed by atoms with van der Waals surface area (Å²) in [5, 5.41) is 0. The van der Waals surface area contributed by atoms with E-state index in [9.17, 15) is 9.00 Å². The van der Waals surface area contributed by atoms with Crippen LogP contribution in [0.1, 0.15) is 53.5 Å². The van der Waals surface area contributed by atoms with Gasteiger partial charge in [-0.25, -0.2) is 0 Å². The molecule has 0 spiro atoms. The molecule has 0 amide bonds. The van der Waals surface area contributed by atoms with E-state index in [2.05, 4.69) is 0 Å². The Morgan fingerprint density at radius 1 is 1.17 bits per heavy atom. The zero-order chi connectivity index (χ0) is 18.7. The van der Waals surface area contributed by atoms with Crippen molar-refractivity contribution < 1.29 is 13.7 Å². The number of alkyl halides is 1. The van der Waals surface area contributed by atoms with Crippen LogP contribution in [-0.4, -0.2) is 20.5 Å². The number of esters is 1. The van der Waals surface area contributed by atoms with Crippen molar-refractivity contribution in [3.63, 3.8) is 0 Å². The van der Waals surface area contributed by atoms with Gasteiger partial charge < -0.3 is 4.74 Å². The van der Waals surface area contributed by atoms with Crippen LogP contribution >= 0.6 is 11.6 Å². The highest BCUT2D eigenvalue weighted by Crippen LogP contribution is 2.40. The maximum atomic E-state index is 12.9. The van der Waals surface area contributed by atoms with Crippen LogP contribution in [0.2, 0.25) is 0 Å². The van der Waals surface area contributed by atoms with Gasteiger partial charge in [-0.2, -0.15) is 0 Å². The van der Waals surface area contributed by atoms with Gasteiger partial charge >= 0.3 is 5.97 Å². The lowest BCUT2D eigenvalue weighted by atomic mass is 9.78. The fourth-order valence-electron chi connectivity index (χ4n) is 2.60. The molecule has 0 aromatic heterocycles. The first kappa shape index (κ1) is 21.2. The Labute approximate surface area is 153 Å². The van der Waals surface area contributed by atoms with Gasteiger partial charge in [0.2, 0.25) is 0 Å². The molecule has 0 aliphatic rings. The zero-order valence-corrected chi connectivity index (χ0v) is 17.3. The number of ether oxygens (including phenoxy) is 1. The van der Waals surface area contributed by atoms with Gasteiger partial charge in [0.25, 0.3) is 0 Å². The lowest BCUT2D eigenvalue weighted by molar-refractivity contribution is -0.164. The fourth-order valence-corrected chi connectivity index (χ4v) is 4.42. The first-order valence-corrected chi connectivity index (χ1v) is 9.89. The van der Waals surface area contributed by atoms with Crippen molar-refractivity contribution in [1.82, 2.24) is 0 Å². The summed E-state index contributed by atoms with van der Waals surface area (Å²) in [6, 6.07) is 7.47. The second-order valence-electron chi connectivity index (χ2n) is 7.74. The van der Waals surface area contributed by atoms with Crippen LogP contribution in [0.5, 0.6) is 0 Å². The summed E-state index contributed by atoms with van der Waals surface area (Å²) in [5.41, 5.74) is -0.131. The Morgan fingerprint density at radius 3 is 2.08 bits per heavy atom. The fraction of sp³-hybridized carbons (Fsp3) is 0.632. The molecule has 0 saturated heterocycles. The molecule has 0 aliphatic carbocycles. The normalized spacial score (nSPS) is 16.3. The summed E-state index contributed by atoms with van der Waals surface area (Å²) in [6.45, 7) is 13.2. The lowest BCUT2D eigenvalue weighted by Crippen LogP contribution is -2.42. The molecule has 0 fully saturated rings. The van der Waals surface area contributed by atoms with E-state index < -0.39 is 32.4 Å². The maximum absolute atomic E-state index is 12.9. The van der Waals surface area contributed by atoms with E-state index in [0.29, 0.717) is 11.3 Å². The molecule has 136 valence electrons. The van der Waals surface area contributed by atoms with Crippen molar-refractivity contribution in [3.05, 3.63) is 29.8 Å². The Hall–Kier alpha value is -0.870. The monoisotopic (exact) mass is 372 g/mol. The Balaban J connectivity index is 3.03. The first-order chi connectivity index (χ1) is 10.9. The summed E-state index contributed by atoms with van der Waals surface area (Å²) >= 11 is 6.58. The SMILES string of the molecule is CC[C@@H](C(=O)OC(C)(C)C)C(C)(C)C(Cl)S(=O)c1ccc(C)cc1. The maximum Gasteiger partial charge on any atom is 0.310 e. The molecule has 2 unspecified atom stereocenters. The first-order valence-electron chi connectivity index (χ1n) is 8.24. The largest absolute Gasteiger partial charge is 0.460 e. The molecule has 3 atom stereocenters. The number of hydrogen-bond acceptors (Lipinski definition) is 3. The molecular weight excluding hydrogens is 344 g/mol. The lowest BCUT2D eigenvalue weighted by Gasteiger charge is -2.37. The molecule has 0 heterocycles. The minimum Gasteiger partial charge on any atom is -0.460 e. The topological polar surface area (TPSA) is 43.4 Å². The van der Waals surface area contributed by atoms with Crippen LogP contribution in [-0.2, 0) is 20.3 Å². The Kier molecular flexibility index (Phi) is 7.06. The third kappa shape index (κ3) is 5.32. The highest BCUT2D eigenvalue weighted by molar-refractivity contribution is 7.87. The molecule has 0 saturated carbocycles. The summed E-state index contributed by atoms with van der Waals surface area (Å²) in [7, 11) is -1.41. The van der Waals surface area contributed by atoms with Crippen LogP contribution in [0.4, 0.5) is 0 Å². The molecule has 0 radical (unpaired) electrons. The minimum absolute atomic E-state index is 0.290. The highest BCUT2D eigenvalue weighted by Gasteiger charge is 2.44. The molecular formula is C19H29ClO3S. The van der Waals surface area contributed by atoms with Gasteiger partial charge in [-0.3, -0.25) is 9.00 Å². The Bertz CT molecular complexity index is 588. The van der Waals surface area contributed by atoms with Crippen molar-refractivity contribution in [2.45, 2.75) is 70.1 Å². The number of aryl methyl sites for hydroxylation is 1. The highest BCUT2D eigenvalue weighted by atomic mass is 35.5. The summed E-state index contributed by atoms with van der Waals surface area (Å²) in [4.78, 5) is 13.2. The van der Waals surface area contributed by atoms with E-state index in [1.807, 2.05) is 72.7 Å². The van der Waals surface area contributed by atoms with Crippen LogP contribution in [0.3, 0.4) is 0 Å². The number of benzene rings is 1. The predicted molar refractivity (Wildman–Crippen MR) is 101 cm³/mol. The second-order valence-corrected chi connectivity index (χ2v) is 9.98. The average Bonchev–Trinajstić information content (AvgIpc) is 2.45. The van der Waals surface area contributed by atoms with E-state index in [1.54, 1.807) is 0 Å². The molecule has 24 heavy (non-hydrogen) atoms. The van der Waals surface area contributed by atoms with Gasteiger partial charge in [-0.1, -0.05) is 38.5 Å².